The predicted molar refractivity (Wildman–Crippen MR) is 126 cm³/mol. The summed E-state index contributed by atoms with van der Waals surface area (Å²) in [4.78, 5) is 14.9. The lowest BCUT2D eigenvalue weighted by molar-refractivity contribution is -0.133. The SMILES string of the molecule is CCOc1ccc(N([C@H](C)C(=O)N2CCN(S(=O)(=O)c3ccccc3)CC2)S(C)(=O)=O)cc1. The number of hydrogen-bond acceptors (Lipinski definition) is 6. The lowest BCUT2D eigenvalue weighted by Gasteiger charge is -2.37. The average molecular weight is 496 g/mol. The molecule has 0 radical (unpaired) electrons. The van der Waals surface area contributed by atoms with Crippen molar-refractivity contribution in [2.24, 2.45) is 0 Å². The van der Waals surface area contributed by atoms with Gasteiger partial charge in [-0.25, -0.2) is 16.8 Å². The second-order valence-corrected chi connectivity index (χ2v) is 11.5. The van der Waals surface area contributed by atoms with Crippen LogP contribution in [0.4, 0.5) is 5.69 Å². The fourth-order valence-electron chi connectivity index (χ4n) is 3.81. The standard InChI is InChI=1S/C22H29N3O6S2/c1-4-31-20-12-10-19(11-13-20)25(32(3,27)28)18(2)22(26)23-14-16-24(17-15-23)33(29,30)21-8-6-5-7-9-21/h5-13,18H,4,14-17H2,1-3H3/t18-/m1/s1. The minimum absolute atomic E-state index is 0.137. The van der Waals surface area contributed by atoms with Gasteiger partial charge in [-0.15, -0.1) is 0 Å². The molecule has 0 aromatic heterocycles. The van der Waals surface area contributed by atoms with Crippen molar-refractivity contribution in [2.45, 2.75) is 24.8 Å². The minimum atomic E-state index is -3.76. The van der Waals surface area contributed by atoms with E-state index in [1.54, 1.807) is 42.5 Å². The largest absolute Gasteiger partial charge is 0.494 e. The fraction of sp³-hybridized carbons (Fsp3) is 0.409. The Bertz CT molecular complexity index is 1160. The molecule has 0 bridgehead atoms. The van der Waals surface area contributed by atoms with Crippen molar-refractivity contribution in [1.82, 2.24) is 9.21 Å². The number of nitrogens with zero attached hydrogens (tertiary/aromatic N) is 3. The van der Waals surface area contributed by atoms with Crippen molar-refractivity contribution in [3.05, 3.63) is 54.6 Å². The van der Waals surface area contributed by atoms with Crippen LogP contribution in [0.5, 0.6) is 5.75 Å². The van der Waals surface area contributed by atoms with E-state index in [0.717, 1.165) is 10.6 Å². The summed E-state index contributed by atoms with van der Waals surface area (Å²) in [6, 6.07) is 13.7. The van der Waals surface area contributed by atoms with E-state index in [0.29, 0.717) is 18.0 Å². The van der Waals surface area contributed by atoms with Crippen LogP contribution < -0.4 is 9.04 Å². The molecule has 1 aliphatic rings. The van der Waals surface area contributed by atoms with Crippen LogP contribution in [0.25, 0.3) is 0 Å². The van der Waals surface area contributed by atoms with Crippen molar-refractivity contribution < 1.29 is 26.4 Å². The molecule has 11 heteroatoms. The molecular weight excluding hydrogens is 466 g/mol. The topological polar surface area (TPSA) is 104 Å². The number of carbonyl (C=O) groups excluding carboxylic acids is 1. The van der Waals surface area contributed by atoms with E-state index in [2.05, 4.69) is 0 Å². The zero-order valence-electron chi connectivity index (χ0n) is 18.9. The van der Waals surface area contributed by atoms with Crippen LogP contribution in [0.2, 0.25) is 0 Å². The molecule has 180 valence electrons. The van der Waals surface area contributed by atoms with Crippen LogP contribution in [-0.2, 0) is 24.8 Å². The Morgan fingerprint density at radius 3 is 2.06 bits per heavy atom. The third-order valence-corrected chi connectivity index (χ3v) is 8.55. The summed E-state index contributed by atoms with van der Waals surface area (Å²) in [6.45, 7) is 4.49. The molecule has 2 aromatic carbocycles. The van der Waals surface area contributed by atoms with Gasteiger partial charge in [0.2, 0.25) is 26.0 Å². The first-order valence-electron chi connectivity index (χ1n) is 10.6. The lowest BCUT2D eigenvalue weighted by atomic mass is 10.2. The van der Waals surface area contributed by atoms with E-state index in [4.69, 9.17) is 4.74 Å². The van der Waals surface area contributed by atoms with E-state index in [1.165, 1.54) is 28.3 Å². The Hall–Kier alpha value is -2.63. The quantitative estimate of drug-likeness (QED) is 0.553. The smallest absolute Gasteiger partial charge is 0.246 e. The Balaban J connectivity index is 1.73. The van der Waals surface area contributed by atoms with Gasteiger partial charge in [0.1, 0.15) is 11.8 Å². The van der Waals surface area contributed by atoms with Crippen molar-refractivity contribution in [1.29, 1.82) is 0 Å². The molecule has 1 aliphatic heterocycles. The summed E-state index contributed by atoms with van der Waals surface area (Å²) in [7, 11) is -7.40. The van der Waals surface area contributed by atoms with Crippen LogP contribution in [0.3, 0.4) is 0 Å². The van der Waals surface area contributed by atoms with Gasteiger partial charge in [0.25, 0.3) is 0 Å². The lowest BCUT2D eigenvalue weighted by Crippen LogP contribution is -2.56. The molecule has 1 fully saturated rings. The van der Waals surface area contributed by atoms with Gasteiger partial charge >= 0.3 is 0 Å². The third kappa shape index (κ3) is 5.66. The van der Waals surface area contributed by atoms with Gasteiger partial charge in [-0.3, -0.25) is 9.10 Å². The maximum Gasteiger partial charge on any atom is 0.246 e. The Labute approximate surface area is 195 Å². The van der Waals surface area contributed by atoms with Crippen LogP contribution >= 0.6 is 0 Å². The highest BCUT2D eigenvalue weighted by atomic mass is 32.2. The van der Waals surface area contributed by atoms with Crippen LogP contribution in [0, 0.1) is 0 Å². The number of hydrogen-bond donors (Lipinski definition) is 0. The molecule has 9 nitrogen and oxygen atoms in total. The molecule has 0 N–H and O–H groups in total. The second-order valence-electron chi connectivity index (χ2n) is 7.70. The molecule has 33 heavy (non-hydrogen) atoms. The fourth-order valence-corrected chi connectivity index (χ4v) is 6.43. The monoisotopic (exact) mass is 495 g/mol. The van der Waals surface area contributed by atoms with Gasteiger partial charge in [-0.05, 0) is 50.2 Å². The van der Waals surface area contributed by atoms with Crippen LogP contribution in [-0.4, -0.2) is 77.0 Å². The number of piperazine rings is 1. The maximum atomic E-state index is 13.2. The van der Waals surface area contributed by atoms with Crippen molar-refractivity contribution in [2.75, 3.05) is 43.3 Å². The first-order valence-corrected chi connectivity index (χ1v) is 13.9. The number of amides is 1. The first-order chi connectivity index (χ1) is 15.6. The Kier molecular flexibility index (Phi) is 7.65. The molecule has 0 aliphatic carbocycles. The number of benzene rings is 2. The highest BCUT2D eigenvalue weighted by Gasteiger charge is 2.35. The summed E-state index contributed by atoms with van der Waals surface area (Å²) in [5.41, 5.74) is 0.354. The van der Waals surface area contributed by atoms with Gasteiger partial charge in [0, 0.05) is 26.2 Å². The molecule has 3 rings (SSSR count). The summed E-state index contributed by atoms with van der Waals surface area (Å²) < 4.78 is 58.6. The zero-order chi connectivity index (χ0) is 24.2. The average Bonchev–Trinajstić information content (AvgIpc) is 2.80. The molecule has 0 saturated carbocycles. The highest BCUT2D eigenvalue weighted by Crippen LogP contribution is 2.25. The molecule has 1 amide bonds. The second kappa shape index (κ2) is 10.1. The predicted octanol–water partition coefficient (Wildman–Crippen LogP) is 1.77. The minimum Gasteiger partial charge on any atom is -0.494 e. The van der Waals surface area contributed by atoms with Gasteiger partial charge in [-0.2, -0.15) is 4.31 Å². The van der Waals surface area contributed by atoms with Crippen molar-refractivity contribution >= 4 is 31.6 Å². The Morgan fingerprint density at radius 2 is 1.55 bits per heavy atom. The van der Waals surface area contributed by atoms with E-state index in [9.17, 15) is 21.6 Å². The van der Waals surface area contributed by atoms with Crippen LogP contribution in [0.15, 0.2) is 59.5 Å². The Morgan fingerprint density at radius 1 is 0.970 bits per heavy atom. The summed E-state index contributed by atoms with van der Waals surface area (Å²) >= 11 is 0. The van der Waals surface area contributed by atoms with Crippen molar-refractivity contribution in [3.8, 4) is 5.75 Å². The normalized spacial score (nSPS) is 16.3. The summed E-state index contributed by atoms with van der Waals surface area (Å²) in [6.07, 6.45) is 1.05. The van der Waals surface area contributed by atoms with Gasteiger partial charge in [-0.1, -0.05) is 18.2 Å². The van der Waals surface area contributed by atoms with Gasteiger partial charge < -0.3 is 9.64 Å². The molecule has 0 unspecified atom stereocenters. The zero-order valence-corrected chi connectivity index (χ0v) is 20.5. The molecule has 2 aromatic rings. The number of anilines is 1. The molecule has 0 spiro atoms. The number of carbonyl (C=O) groups is 1. The van der Waals surface area contributed by atoms with Gasteiger partial charge in [0.05, 0.1) is 23.4 Å². The third-order valence-electron chi connectivity index (χ3n) is 5.40. The van der Waals surface area contributed by atoms with E-state index < -0.39 is 26.1 Å². The summed E-state index contributed by atoms with van der Waals surface area (Å²) in [5.74, 6) is 0.218. The van der Waals surface area contributed by atoms with E-state index in [1.807, 2.05) is 6.92 Å². The summed E-state index contributed by atoms with van der Waals surface area (Å²) in [5, 5.41) is 0. The highest BCUT2D eigenvalue weighted by molar-refractivity contribution is 7.92. The van der Waals surface area contributed by atoms with Gasteiger partial charge in [0.15, 0.2) is 0 Å². The number of ether oxygens (including phenoxy) is 1. The van der Waals surface area contributed by atoms with E-state index in [-0.39, 0.29) is 37.0 Å². The molecule has 1 heterocycles. The molecule has 1 atom stereocenters. The first kappa shape index (κ1) is 25.0. The van der Waals surface area contributed by atoms with E-state index >= 15 is 0 Å². The van der Waals surface area contributed by atoms with Crippen LogP contribution in [0.1, 0.15) is 13.8 Å². The molecular formula is C22H29N3O6S2. The maximum absolute atomic E-state index is 13.2. The number of sulfonamides is 2. The van der Waals surface area contributed by atoms with Crippen molar-refractivity contribution in [3.63, 3.8) is 0 Å². The molecule has 1 saturated heterocycles. The number of rotatable bonds is 8.